The van der Waals surface area contributed by atoms with Gasteiger partial charge in [-0.1, -0.05) is 11.6 Å². The van der Waals surface area contributed by atoms with Gasteiger partial charge in [0, 0.05) is 44.8 Å². The molecule has 1 aromatic rings. The third kappa shape index (κ3) is 4.40. The second-order valence-corrected chi connectivity index (χ2v) is 7.68. The molecule has 1 fully saturated rings. The molecule has 0 bridgehead atoms. The molecule has 138 valence electrons. The van der Waals surface area contributed by atoms with E-state index in [0.29, 0.717) is 50.2 Å². The Hall–Kier alpha value is -1.98. The van der Waals surface area contributed by atoms with Crippen LogP contribution in [0, 0.1) is 18.3 Å². The van der Waals surface area contributed by atoms with Gasteiger partial charge in [-0.15, -0.1) is 23.7 Å². The molecule has 7 nitrogen and oxygen atoms in total. The molecule has 0 spiro atoms. The number of halogens is 1. The molecule has 9 heteroatoms. The molecule has 3 rings (SSSR count). The zero-order chi connectivity index (χ0) is 18.6. The predicted octanol–water partition coefficient (Wildman–Crippen LogP) is 2.73. The first-order valence-electron chi connectivity index (χ1n) is 8.58. The maximum atomic E-state index is 12.4. The fraction of sp³-hybridized carbons (Fsp3) is 0.588. The average Bonchev–Trinajstić information content (AvgIpc) is 3.30. The fourth-order valence-electron chi connectivity index (χ4n) is 3.06. The van der Waals surface area contributed by atoms with E-state index in [0.717, 1.165) is 6.42 Å². The third-order valence-corrected chi connectivity index (χ3v) is 5.96. The first kappa shape index (κ1) is 18.8. The van der Waals surface area contributed by atoms with Gasteiger partial charge in [-0.05, 0) is 12.8 Å². The van der Waals surface area contributed by atoms with E-state index in [9.17, 15) is 9.59 Å². The number of nitrogens with one attached hydrogen (secondary N) is 1. The first-order valence-corrected chi connectivity index (χ1v) is 9.84. The summed E-state index contributed by atoms with van der Waals surface area (Å²) >= 11 is 7.16. The molecule has 1 aromatic heterocycles. The van der Waals surface area contributed by atoms with Crippen LogP contribution in [0.15, 0.2) is 15.7 Å². The van der Waals surface area contributed by atoms with E-state index >= 15 is 0 Å². The minimum atomic E-state index is -0.372. The van der Waals surface area contributed by atoms with Crippen molar-refractivity contribution in [3.63, 3.8) is 0 Å². The standard InChI is InChI=1S/C17H20ClN5O2S/c1-2-3-6-17(21-22-17)7-8-19-15(24)12-4-9-23(10-5-12)16(25)13-14(18)20-11-26-13/h1,11-12H,3-10H2,(H,19,24). The molecular formula is C17H20ClN5O2S. The molecule has 1 saturated heterocycles. The van der Waals surface area contributed by atoms with Crippen LogP contribution in [0.25, 0.3) is 0 Å². The summed E-state index contributed by atoms with van der Waals surface area (Å²) in [5.74, 6) is 2.43. The summed E-state index contributed by atoms with van der Waals surface area (Å²) in [7, 11) is 0. The fourth-order valence-corrected chi connectivity index (χ4v) is 4.02. The van der Waals surface area contributed by atoms with Gasteiger partial charge in [-0.2, -0.15) is 10.2 Å². The second kappa shape index (κ2) is 8.14. The third-order valence-electron chi connectivity index (χ3n) is 4.75. The molecular weight excluding hydrogens is 374 g/mol. The molecule has 1 N–H and O–H groups in total. The van der Waals surface area contributed by atoms with Crippen molar-refractivity contribution in [2.75, 3.05) is 19.6 Å². The molecule has 0 atom stereocenters. The number of hydrogen-bond donors (Lipinski definition) is 1. The van der Waals surface area contributed by atoms with Gasteiger partial charge >= 0.3 is 0 Å². The van der Waals surface area contributed by atoms with Crippen molar-refractivity contribution in [3.8, 4) is 12.3 Å². The number of rotatable bonds is 7. The predicted molar refractivity (Wildman–Crippen MR) is 99.0 cm³/mol. The zero-order valence-electron chi connectivity index (χ0n) is 14.3. The molecule has 2 amide bonds. The molecule has 2 aliphatic rings. The number of aromatic nitrogens is 1. The number of carbonyl (C=O) groups excluding carboxylic acids is 2. The van der Waals surface area contributed by atoms with Crippen molar-refractivity contribution in [1.82, 2.24) is 15.2 Å². The van der Waals surface area contributed by atoms with Crippen LogP contribution >= 0.6 is 22.9 Å². The Balaban J connectivity index is 1.39. The van der Waals surface area contributed by atoms with Crippen molar-refractivity contribution in [2.45, 2.75) is 37.8 Å². The smallest absolute Gasteiger partial charge is 0.267 e. The first-order chi connectivity index (χ1) is 12.5. The van der Waals surface area contributed by atoms with Gasteiger partial charge in [-0.3, -0.25) is 9.59 Å². The molecule has 0 aliphatic carbocycles. The second-order valence-electron chi connectivity index (χ2n) is 6.47. The van der Waals surface area contributed by atoms with Gasteiger partial charge in [0.25, 0.3) is 5.91 Å². The van der Waals surface area contributed by atoms with Crippen molar-refractivity contribution in [1.29, 1.82) is 0 Å². The highest BCUT2D eigenvalue weighted by Crippen LogP contribution is 2.36. The largest absolute Gasteiger partial charge is 0.356 e. The number of terminal acetylenes is 1. The number of likely N-dealkylation sites (tertiary alicyclic amines) is 1. The van der Waals surface area contributed by atoms with E-state index < -0.39 is 0 Å². The number of thiazole rings is 1. The Morgan fingerprint density at radius 2 is 2.12 bits per heavy atom. The van der Waals surface area contributed by atoms with Gasteiger partial charge < -0.3 is 10.2 Å². The molecule has 2 aliphatic heterocycles. The lowest BCUT2D eigenvalue weighted by Crippen LogP contribution is -2.43. The molecule has 0 unspecified atom stereocenters. The Bertz CT molecular complexity index is 743. The van der Waals surface area contributed by atoms with Crippen LogP contribution in [0.1, 0.15) is 41.8 Å². The summed E-state index contributed by atoms with van der Waals surface area (Å²) < 4.78 is 0. The van der Waals surface area contributed by atoms with Gasteiger partial charge in [0.15, 0.2) is 10.8 Å². The number of piperidine rings is 1. The Kier molecular flexibility index (Phi) is 5.89. The molecule has 0 saturated carbocycles. The van der Waals surface area contributed by atoms with Crippen LogP contribution in [0.2, 0.25) is 5.15 Å². The quantitative estimate of drug-likeness (QED) is 0.722. The Morgan fingerprint density at radius 1 is 1.38 bits per heavy atom. The van der Waals surface area contributed by atoms with E-state index in [2.05, 4.69) is 26.4 Å². The number of amides is 2. The van der Waals surface area contributed by atoms with E-state index in [1.807, 2.05) is 0 Å². The number of hydrogen-bond acceptors (Lipinski definition) is 6. The lowest BCUT2D eigenvalue weighted by atomic mass is 9.95. The maximum Gasteiger partial charge on any atom is 0.267 e. The molecule has 0 radical (unpaired) electrons. The highest BCUT2D eigenvalue weighted by Gasteiger charge is 2.39. The lowest BCUT2D eigenvalue weighted by molar-refractivity contribution is -0.126. The normalized spacial score (nSPS) is 18.4. The van der Waals surface area contributed by atoms with Crippen molar-refractivity contribution in [3.05, 3.63) is 15.5 Å². The van der Waals surface area contributed by atoms with Crippen molar-refractivity contribution < 1.29 is 9.59 Å². The highest BCUT2D eigenvalue weighted by atomic mass is 35.5. The number of carbonyl (C=O) groups is 2. The summed E-state index contributed by atoms with van der Waals surface area (Å²) in [5.41, 5.74) is 1.19. The van der Waals surface area contributed by atoms with Gasteiger partial charge in [0.05, 0.1) is 5.51 Å². The minimum absolute atomic E-state index is 0.0284. The van der Waals surface area contributed by atoms with Crippen molar-refractivity contribution in [2.24, 2.45) is 16.1 Å². The Morgan fingerprint density at radius 3 is 2.69 bits per heavy atom. The highest BCUT2D eigenvalue weighted by molar-refractivity contribution is 7.12. The molecule has 0 aromatic carbocycles. The molecule has 3 heterocycles. The van der Waals surface area contributed by atoms with Crippen molar-refractivity contribution >= 4 is 34.8 Å². The van der Waals surface area contributed by atoms with Crippen LogP contribution < -0.4 is 5.32 Å². The summed E-state index contributed by atoms with van der Waals surface area (Å²) in [6, 6.07) is 0. The lowest BCUT2D eigenvalue weighted by Gasteiger charge is -2.31. The zero-order valence-corrected chi connectivity index (χ0v) is 15.9. The maximum absolute atomic E-state index is 12.4. The monoisotopic (exact) mass is 393 g/mol. The van der Waals surface area contributed by atoms with Crippen LogP contribution in [0.5, 0.6) is 0 Å². The van der Waals surface area contributed by atoms with E-state index in [4.69, 9.17) is 18.0 Å². The van der Waals surface area contributed by atoms with E-state index in [1.54, 1.807) is 10.4 Å². The van der Waals surface area contributed by atoms with Crippen LogP contribution in [-0.4, -0.2) is 47.0 Å². The van der Waals surface area contributed by atoms with Gasteiger partial charge in [0.2, 0.25) is 5.91 Å². The number of nitrogens with zero attached hydrogens (tertiary/aromatic N) is 4. The van der Waals surface area contributed by atoms with Crippen LogP contribution in [0.3, 0.4) is 0 Å². The van der Waals surface area contributed by atoms with E-state index in [-0.39, 0.29) is 28.5 Å². The SMILES string of the molecule is C#CCCC1(CCNC(=O)C2CCN(C(=O)c3scnc3Cl)CC2)N=N1. The van der Waals surface area contributed by atoms with Gasteiger partial charge in [0.1, 0.15) is 4.88 Å². The Labute approximate surface area is 161 Å². The molecule has 26 heavy (non-hydrogen) atoms. The topological polar surface area (TPSA) is 87.0 Å². The van der Waals surface area contributed by atoms with E-state index in [1.165, 1.54) is 11.3 Å². The van der Waals surface area contributed by atoms with Gasteiger partial charge in [-0.25, -0.2) is 4.98 Å². The average molecular weight is 394 g/mol. The van der Waals surface area contributed by atoms with Crippen LogP contribution in [-0.2, 0) is 4.79 Å². The van der Waals surface area contributed by atoms with Crippen LogP contribution in [0.4, 0.5) is 0 Å². The summed E-state index contributed by atoms with van der Waals surface area (Å²) in [6.45, 7) is 1.62. The summed E-state index contributed by atoms with van der Waals surface area (Å²) in [6.07, 6.45) is 8.61. The minimum Gasteiger partial charge on any atom is -0.356 e. The summed E-state index contributed by atoms with van der Waals surface area (Å²) in [5, 5.41) is 11.3. The summed E-state index contributed by atoms with van der Waals surface area (Å²) in [4.78, 5) is 30.8.